The van der Waals surface area contributed by atoms with Crippen molar-refractivity contribution < 1.29 is 22.7 Å². The summed E-state index contributed by atoms with van der Waals surface area (Å²) in [6, 6.07) is 11.9. The number of amides is 1. The first-order chi connectivity index (χ1) is 16.5. The van der Waals surface area contributed by atoms with E-state index in [1.807, 2.05) is 51.1 Å². The van der Waals surface area contributed by atoms with E-state index in [1.165, 1.54) is 12.0 Å². The smallest absolute Gasteiger partial charge is 0.410 e. The Labute approximate surface area is 203 Å². The number of imidazole rings is 1. The van der Waals surface area contributed by atoms with Gasteiger partial charge in [0.2, 0.25) is 0 Å². The standard InChI is InChI=1S/C26H31F3N4O2/c1-26(2,3)23(33(25(34)35-4)15-19(28)13-30)24-31-22(20-12-18(27)10-11-21(20)29)16-32(24)14-17-8-6-5-7-9-17/h5-12,16,19,23H,13-15,30H2,1-4H3/t19-,23-/m0/s1. The second-order valence-electron chi connectivity index (χ2n) is 9.45. The summed E-state index contributed by atoms with van der Waals surface area (Å²) in [5.74, 6) is -0.853. The van der Waals surface area contributed by atoms with Gasteiger partial charge < -0.3 is 15.0 Å². The molecule has 0 aliphatic rings. The molecular weight excluding hydrogens is 457 g/mol. The molecule has 0 radical (unpaired) electrons. The number of halogens is 3. The van der Waals surface area contributed by atoms with E-state index < -0.39 is 35.4 Å². The molecule has 3 aromatic rings. The molecular formula is C26H31F3N4O2. The van der Waals surface area contributed by atoms with E-state index in [-0.39, 0.29) is 24.3 Å². The molecule has 35 heavy (non-hydrogen) atoms. The maximum atomic E-state index is 14.7. The SMILES string of the molecule is COC(=O)N(C[C@@H](F)CN)[C@@H](c1nc(-c2cc(F)ccc2F)cn1Cc1ccccc1)C(C)(C)C. The molecule has 0 saturated heterocycles. The molecule has 2 atom stereocenters. The number of methoxy groups -OCH3 is 1. The van der Waals surface area contributed by atoms with Gasteiger partial charge >= 0.3 is 6.09 Å². The summed E-state index contributed by atoms with van der Waals surface area (Å²) in [7, 11) is 1.22. The topological polar surface area (TPSA) is 73.4 Å². The highest BCUT2D eigenvalue weighted by molar-refractivity contribution is 5.68. The van der Waals surface area contributed by atoms with Gasteiger partial charge in [0.15, 0.2) is 0 Å². The van der Waals surface area contributed by atoms with E-state index in [4.69, 9.17) is 10.5 Å². The molecule has 1 heterocycles. The molecule has 0 saturated carbocycles. The van der Waals surface area contributed by atoms with Gasteiger partial charge in [-0.05, 0) is 29.2 Å². The number of nitrogens with zero attached hydrogens (tertiary/aromatic N) is 3. The predicted molar refractivity (Wildman–Crippen MR) is 128 cm³/mol. The minimum Gasteiger partial charge on any atom is -0.453 e. The van der Waals surface area contributed by atoms with Gasteiger partial charge in [-0.15, -0.1) is 0 Å². The van der Waals surface area contributed by atoms with Gasteiger partial charge in [-0.1, -0.05) is 51.1 Å². The van der Waals surface area contributed by atoms with Crippen LogP contribution in [0, 0.1) is 17.0 Å². The van der Waals surface area contributed by atoms with Crippen LogP contribution in [-0.2, 0) is 11.3 Å². The van der Waals surface area contributed by atoms with Crippen LogP contribution in [-0.4, -0.2) is 46.9 Å². The number of benzene rings is 2. The summed E-state index contributed by atoms with van der Waals surface area (Å²) >= 11 is 0. The number of carbonyl (C=O) groups is 1. The Kier molecular flexibility index (Phi) is 8.22. The third-order valence-electron chi connectivity index (χ3n) is 5.64. The van der Waals surface area contributed by atoms with Crippen molar-refractivity contribution in [2.75, 3.05) is 20.2 Å². The van der Waals surface area contributed by atoms with Crippen molar-refractivity contribution in [3.05, 3.63) is 77.8 Å². The largest absolute Gasteiger partial charge is 0.453 e. The molecule has 3 rings (SSSR count). The van der Waals surface area contributed by atoms with Gasteiger partial charge in [0.1, 0.15) is 23.6 Å². The normalized spacial score (nSPS) is 13.4. The number of alkyl halides is 1. The predicted octanol–water partition coefficient (Wildman–Crippen LogP) is 5.33. The van der Waals surface area contributed by atoms with E-state index >= 15 is 0 Å². The third-order valence-corrected chi connectivity index (χ3v) is 5.64. The lowest BCUT2D eigenvalue weighted by atomic mass is 9.84. The molecule has 0 aliphatic heterocycles. The number of rotatable bonds is 8. The summed E-state index contributed by atoms with van der Waals surface area (Å²) in [6.07, 6.45) is -0.616. The highest BCUT2D eigenvalue weighted by Crippen LogP contribution is 2.39. The monoisotopic (exact) mass is 488 g/mol. The number of aromatic nitrogens is 2. The Balaban J connectivity index is 2.22. The zero-order valence-electron chi connectivity index (χ0n) is 20.3. The summed E-state index contributed by atoms with van der Waals surface area (Å²) in [6.45, 7) is 5.40. The highest BCUT2D eigenvalue weighted by atomic mass is 19.1. The van der Waals surface area contributed by atoms with Crippen LogP contribution in [0.25, 0.3) is 11.3 Å². The Morgan fingerprint density at radius 1 is 1.17 bits per heavy atom. The molecule has 2 N–H and O–H groups in total. The third kappa shape index (κ3) is 6.22. The first-order valence-electron chi connectivity index (χ1n) is 11.3. The first-order valence-corrected chi connectivity index (χ1v) is 11.3. The molecule has 0 fully saturated rings. The molecule has 1 amide bonds. The number of hydrogen-bond donors (Lipinski definition) is 1. The van der Waals surface area contributed by atoms with Gasteiger partial charge in [-0.3, -0.25) is 4.90 Å². The summed E-state index contributed by atoms with van der Waals surface area (Å²) in [5.41, 5.74) is 5.98. The van der Waals surface area contributed by atoms with E-state index in [0.717, 1.165) is 23.8 Å². The summed E-state index contributed by atoms with van der Waals surface area (Å²) in [4.78, 5) is 18.7. The maximum Gasteiger partial charge on any atom is 0.410 e. The molecule has 6 nitrogen and oxygen atoms in total. The fourth-order valence-corrected chi connectivity index (χ4v) is 4.06. The maximum absolute atomic E-state index is 14.7. The van der Waals surface area contributed by atoms with Crippen LogP contribution in [0.3, 0.4) is 0 Å². The lowest BCUT2D eigenvalue weighted by Gasteiger charge is -2.39. The fraction of sp³-hybridized carbons (Fsp3) is 0.385. The van der Waals surface area contributed by atoms with E-state index in [2.05, 4.69) is 4.98 Å². The highest BCUT2D eigenvalue weighted by Gasteiger charge is 2.40. The lowest BCUT2D eigenvalue weighted by Crippen LogP contribution is -2.46. The molecule has 9 heteroatoms. The molecule has 188 valence electrons. The second-order valence-corrected chi connectivity index (χ2v) is 9.45. The van der Waals surface area contributed by atoms with Crippen LogP contribution < -0.4 is 5.73 Å². The minimum atomic E-state index is -1.49. The lowest BCUT2D eigenvalue weighted by molar-refractivity contribution is 0.0498. The molecule has 0 unspecified atom stereocenters. The van der Waals surface area contributed by atoms with Crippen LogP contribution in [0.5, 0.6) is 0 Å². The average Bonchev–Trinajstić information content (AvgIpc) is 3.21. The van der Waals surface area contributed by atoms with Crippen molar-refractivity contribution in [3.8, 4) is 11.3 Å². The minimum absolute atomic E-state index is 0.0133. The number of ether oxygens (including phenoxy) is 1. The fourth-order valence-electron chi connectivity index (χ4n) is 4.06. The number of carbonyl (C=O) groups excluding carboxylic acids is 1. The van der Waals surface area contributed by atoms with E-state index in [1.54, 1.807) is 10.8 Å². The van der Waals surface area contributed by atoms with Crippen molar-refractivity contribution in [2.45, 2.75) is 39.5 Å². The number of nitrogens with two attached hydrogens (primary N) is 1. The Hall–Kier alpha value is -3.33. The first kappa shape index (κ1) is 26.3. The van der Waals surface area contributed by atoms with Crippen LogP contribution in [0.1, 0.15) is 38.2 Å². The molecule has 0 spiro atoms. The zero-order chi connectivity index (χ0) is 25.8. The molecule has 2 aromatic carbocycles. The Bertz CT molecular complexity index is 1150. The van der Waals surface area contributed by atoms with Crippen molar-refractivity contribution in [1.82, 2.24) is 14.5 Å². The van der Waals surface area contributed by atoms with Crippen molar-refractivity contribution >= 4 is 6.09 Å². The Morgan fingerprint density at radius 2 is 1.86 bits per heavy atom. The van der Waals surface area contributed by atoms with Crippen LogP contribution in [0.15, 0.2) is 54.7 Å². The average molecular weight is 489 g/mol. The second kappa shape index (κ2) is 10.9. The van der Waals surface area contributed by atoms with Gasteiger partial charge in [0, 0.05) is 24.8 Å². The zero-order valence-corrected chi connectivity index (χ0v) is 20.3. The van der Waals surface area contributed by atoms with Crippen LogP contribution >= 0.6 is 0 Å². The van der Waals surface area contributed by atoms with Crippen molar-refractivity contribution in [1.29, 1.82) is 0 Å². The Morgan fingerprint density at radius 3 is 2.46 bits per heavy atom. The summed E-state index contributed by atoms with van der Waals surface area (Å²) in [5, 5.41) is 0. The van der Waals surface area contributed by atoms with Gasteiger partial charge in [0.25, 0.3) is 0 Å². The quantitative estimate of drug-likeness (QED) is 0.465. The molecule has 1 aromatic heterocycles. The van der Waals surface area contributed by atoms with Crippen molar-refractivity contribution in [2.24, 2.45) is 11.1 Å². The van der Waals surface area contributed by atoms with E-state index in [9.17, 15) is 18.0 Å². The van der Waals surface area contributed by atoms with Crippen LogP contribution in [0.2, 0.25) is 0 Å². The molecule has 0 aliphatic carbocycles. The van der Waals surface area contributed by atoms with Gasteiger partial charge in [0.05, 0.1) is 25.4 Å². The van der Waals surface area contributed by atoms with Gasteiger partial charge in [-0.25, -0.2) is 22.9 Å². The molecule has 0 bridgehead atoms. The summed E-state index contributed by atoms with van der Waals surface area (Å²) < 4.78 is 49.8. The number of hydrogen-bond acceptors (Lipinski definition) is 4. The van der Waals surface area contributed by atoms with Crippen molar-refractivity contribution in [3.63, 3.8) is 0 Å². The van der Waals surface area contributed by atoms with E-state index in [0.29, 0.717) is 12.4 Å². The van der Waals surface area contributed by atoms with Crippen LogP contribution in [0.4, 0.5) is 18.0 Å². The van der Waals surface area contributed by atoms with Gasteiger partial charge in [-0.2, -0.15) is 0 Å².